The molecule has 1 atom stereocenters. The van der Waals surface area contributed by atoms with Crippen LogP contribution in [-0.4, -0.2) is 66.2 Å². The molecule has 3 heterocycles. The van der Waals surface area contributed by atoms with E-state index in [1.807, 2.05) is 9.80 Å². The van der Waals surface area contributed by atoms with Crippen molar-refractivity contribution >= 4 is 11.6 Å². The largest absolute Gasteiger partial charge is 0.416 e. The number of alkyl halides is 3. The normalized spacial score (nSPS) is 21.1. The van der Waals surface area contributed by atoms with Crippen molar-refractivity contribution in [3.63, 3.8) is 0 Å². The van der Waals surface area contributed by atoms with E-state index in [2.05, 4.69) is 10.1 Å². The summed E-state index contributed by atoms with van der Waals surface area (Å²) in [5.74, 6) is 0.497. The molecule has 2 aliphatic heterocycles. The van der Waals surface area contributed by atoms with Gasteiger partial charge in [0.15, 0.2) is 5.69 Å². The third-order valence-corrected chi connectivity index (χ3v) is 5.90. The number of piperazine rings is 1. The predicted octanol–water partition coefficient (Wildman–Crippen LogP) is 3.43. The molecule has 4 rings (SSSR count). The fourth-order valence-electron chi connectivity index (χ4n) is 4.29. The number of anilines is 1. The lowest BCUT2D eigenvalue weighted by molar-refractivity contribution is -0.137. The molecule has 0 saturated carbocycles. The lowest BCUT2D eigenvalue weighted by Gasteiger charge is -2.43. The number of piperidine rings is 1. The van der Waals surface area contributed by atoms with E-state index in [4.69, 9.17) is 4.52 Å². The molecule has 1 amide bonds. The van der Waals surface area contributed by atoms with Crippen LogP contribution in [0.25, 0.3) is 0 Å². The minimum Gasteiger partial charge on any atom is -0.369 e. The second-order valence-electron chi connectivity index (χ2n) is 7.94. The van der Waals surface area contributed by atoms with E-state index in [1.54, 1.807) is 19.1 Å². The van der Waals surface area contributed by atoms with Gasteiger partial charge in [0.05, 0.1) is 5.56 Å². The molecule has 9 heteroatoms. The SMILES string of the molecule is Cc1cc(C(=O)N2CCC[C@H](N3CCN(c4cccc(C(F)(F)F)c4)CC3)C2)no1. The Labute approximate surface area is 173 Å². The number of aromatic nitrogens is 1. The first-order valence-corrected chi connectivity index (χ1v) is 10.2. The molecular weight excluding hydrogens is 397 g/mol. The molecule has 162 valence electrons. The van der Waals surface area contributed by atoms with E-state index < -0.39 is 11.7 Å². The first-order valence-electron chi connectivity index (χ1n) is 10.2. The first-order chi connectivity index (χ1) is 14.3. The minimum atomic E-state index is -4.34. The monoisotopic (exact) mass is 422 g/mol. The number of amides is 1. The van der Waals surface area contributed by atoms with E-state index in [1.165, 1.54) is 12.1 Å². The van der Waals surface area contributed by atoms with Crippen LogP contribution in [0.5, 0.6) is 0 Å². The van der Waals surface area contributed by atoms with Gasteiger partial charge in [0.2, 0.25) is 0 Å². The van der Waals surface area contributed by atoms with Gasteiger partial charge in [-0.2, -0.15) is 13.2 Å². The Kier molecular flexibility index (Phi) is 5.73. The summed E-state index contributed by atoms with van der Waals surface area (Å²) in [7, 11) is 0. The van der Waals surface area contributed by atoms with Crippen LogP contribution in [0.1, 0.15) is 34.7 Å². The van der Waals surface area contributed by atoms with Gasteiger partial charge in [-0.1, -0.05) is 11.2 Å². The van der Waals surface area contributed by atoms with Crippen LogP contribution in [-0.2, 0) is 6.18 Å². The number of benzene rings is 1. The molecule has 1 aromatic heterocycles. The molecule has 2 aromatic rings. The van der Waals surface area contributed by atoms with Crippen LogP contribution in [0.2, 0.25) is 0 Å². The number of hydrogen-bond acceptors (Lipinski definition) is 5. The second kappa shape index (κ2) is 8.29. The average molecular weight is 422 g/mol. The van der Waals surface area contributed by atoms with Gasteiger partial charge in [0.1, 0.15) is 5.76 Å². The number of carbonyl (C=O) groups excluding carboxylic acids is 1. The van der Waals surface area contributed by atoms with Gasteiger partial charge < -0.3 is 14.3 Å². The van der Waals surface area contributed by atoms with E-state index in [0.29, 0.717) is 43.3 Å². The van der Waals surface area contributed by atoms with Crippen molar-refractivity contribution in [1.82, 2.24) is 15.0 Å². The zero-order valence-electron chi connectivity index (χ0n) is 16.9. The van der Waals surface area contributed by atoms with Crippen LogP contribution >= 0.6 is 0 Å². The standard InChI is InChI=1S/C21H25F3N4O2/c1-15-12-19(25-30-15)20(29)28-7-3-6-18(14-28)27-10-8-26(9-11-27)17-5-2-4-16(13-17)21(22,23)24/h2,4-5,12-13,18H,3,6-11,14H2,1H3/t18-/m0/s1. The maximum atomic E-state index is 13.0. The number of carbonyl (C=O) groups is 1. The number of hydrogen-bond donors (Lipinski definition) is 0. The smallest absolute Gasteiger partial charge is 0.369 e. The van der Waals surface area contributed by atoms with Gasteiger partial charge >= 0.3 is 6.18 Å². The van der Waals surface area contributed by atoms with Crippen molar-refractivity contribution in [2.45, 2.75) is 32.0 Å². The highest BCUT2D eigenvalue weighted by Gasteiger charge is 2.33. The topological polar surface area (TPSA) is 52.8 Å². The zero-order chi connectivity index (χ0) is 21.3. The lowest BCUT2D eigenvalue weighted by atomic mass is 10.0. The van der Waals surface area contributed by atoms with Crippen molar-refractivity contribution < 1.29 is 22.5 Å². The van der Waals surface area contributed by atoms with E-state index in [0.717, 1.165) is 32.0 Å². The van der Waals surface area contributed by atoms with Crippen LogP contribution in [0, 0.1) is 6.92 Å². The van der Waals surface area contributed by atoms with Gasteiger partial charge in [-0.05, 0) is 38.0 Å². The van der Waals surface area contributed by atoms with Crippen LogP contribution in [0.15, 0.2) is 34.9 Å². The Hall–Kier alpha value is -2.55. The summed E-state index contributed by atoms with van der Waals surface area (Å²) in [6.45, 7) is 5.92. The Morgan fingerprint density at radius 1 is 1.13 bits per heavy atom. The lowest BCUT2D eigenvalue weighted by Crippen LogP contribution is -2.56. The summed E-state index contributed by atoms with van der Waals surface area (Å²) in [5.41, 5.74) is 0.320. The highest BCUT2D eigenvalue weighted by molar-refractivity contribution is 5.92. The molecule has 0 N–H and O–H groups in total. The van der Waals surface area contributed by atoms with Crippen LogP contribution < -0.4 is 4.90 Å². The average Bonchev–Trinajstić information content (AvgIpc) is 3.19. The summed E-state index contributed by atoms with van der Waals surface area (Å²) in [4.78, 5) is 18.8. The molecule has 6 nitrogen and oxygen atoms in total. The number of nitrogens with zero attached hydrogens (tertiary/aromatic N) is 4. The highest BCUT2D eigenvalue weighted by Crippen LogP contribution is 2.32. The molecule has 0 bridgehead atoms. The van der Waals surface area contributed by atoms with Crippen molar-refractivity contribution in [2.24, 2.45) is 0 Å². The van der Waals surface area contributed by atoms with E-state index >= 15 is 0 Å². The number of likely N-dealkylation sites (tertiary alicyclic amines) is 1. The number of rotatable bonds is 3. The molecular formula is C21H25F3N4O2. The minimum absolute atomic E-state index is 0.112. The quantitative estimate of drug-likeness (QED) is 0.759. The number of halogens is 3. The summed E-state index contributed by atoms with van der Waals surface area (Å²) < 4.78 is 44.0. The molecule has 0 radical (unpaired) electrons. The predicted molar refractivity (Wildman–Crippen MR) is 105 cm³/mol. The van der Waals surface area contributed by atoms with Gasteiger partial charge in [0.25, 0.3) is 5.91 Å². The van der Waals surface area contributed by atoms with Crippen LogP contribution in [0.3, 0.4) is 0 Å². The molecule has 0 aliphatic carbocycles. The summed E-state index contributed by atoms with van der Waals surface area (Å²) in [6.07, 6.45) is -2.41. The van der Waals surface area contributed by atoms with E-state index in [-0.39, 0.29) is 11.9 Å². The fraction of sp³-hybridized carbons (Fsp3) is 0.524. The maximum absolute atomic E-state index is 13.0. The Bertz CT molecular complexity index is 890. The summed E-state index contributed by atoms with van der Waals surface area (Å²) in [6, 6.07) is 7.41. The molecule has 0 unspecified atom stereocenters. The van der Waals surface area contributed by atoms with Crippen molar-refractivity contribution in [1.29, 1.82) is 0 Å². The van der Waals surface area contributed by atoms with Gasteiger partial charge in [-0.15, -0.1) is 0 Å². The summed E-state index contributed by atoms with van der Waals surface area (Å²) >= 11 is 0. The Morgan fingerprint density at radius 2 is 1.90 bits per heavy atom. The van der Waals surface area contributed by atoms with Crippen molar-refractivity contribution in [3.8, 4) is 0 Å². The van der Waals surface area contributed by atoms with E-state index in [9.17, 15) is 18.0 Å². The summed E-state index contributed by atoms with van der Waals surface area (Å²) in [5, 5.41) is 3.83. The zero-order valence-corrected chi connectivity index (χ0v) is 16.9. The third kappa shape index (κ3) is 4.45. The first kappa shape index (κ1) is 20.7. The van der Waals surface area contributed by atoms with Gasteiger partial charge in [-0.3, -0.25) is 9.69 Å². The molecule has 0 spiro atoms. The molecule has 2 aliphatic rings. The van der Waals surface area contributed by atoms with Gasteiger partial charge in [0, 0.05) is 57.1 Å². The molecule has 30 heavy (non-hydrogen) atoms. The highest BCUT2D eigenvalue weighted by atomic mass is 19.4. The Morgan fingerprint density at radius 3 is 2.57 bits per heavy atom. The third-order valence-electron chi connectivity index (χ3n) is 5.90. The van der Waals surface area contributed by atoms with Crippen LogP contribution in [0.4, 0.5) is 18.9 Å². The Balaban J connectivity index is 1.35. The maximum Gasteiger partial charge on any atom is 0.416 e. The number of aryl methyl sites for hydroxylation is 1. The van der Waals surface area contributed by atoms with Crippen molar-refractivity contribution in [2.75, 3.05) is 44.2 Å². The second-order valence-corrected chi connectivity index (χ2v) is 7.94. The van der Waals surface area contributed by atoms with Gasteiger partial charge in [-0.25, -0.2) is 0 Å². The molecule has 2 fully saturated rings. The van der Waals surface area contributed by atoms with Crippen molar-refractivity contribution in [3.05, 3.63) is 47.3 Å². The molecule has 1 aromatic carbocycles. The molecule has 2 saturated heterocycles. The fourth-order valence-corrected chi connectivity index (χ4v) is 4.29.